The number of rotatable bonds is 4. The van der Waals surface area contributed by atoms with Crippen LogP contribution in [0.1, 0.15) is 38.2 Å². The third-order valence-corrected chi connectivity index (χ3v) is 5.23. The standard InChI is InChI=1S/C16H23BrO/c1-12-3-7-14(8-4-12)16(17)11-13-5-9-15(18-2)10-6-13/h5-6,9-10,12,14,16H,3-4,7-8,11H2,1-2H3. The molecule has 1 atom stereocenters. The van der Waals surface area contributed by atoms with Crippen LogP contribution in [-0.4, -0.2) is 11.9 Å². The van der Waals surface area contributed by atoms with Gasteiger partial charge in [-0.05, 0) is 48.8 Å². The fourth-order valence-corrected chi connectivity index (χ4v) is 3.70. The van der Waals surface area contributed by atoms with Gasteiger partial charge in [-0.1, -0.05) is 47.8 Å². The molecule has 0 spiro atoms. The van der Waals surface area contributed by atoms with E-state index in [0.29, 0.717) is 4.83 Å². The molecule has 0 aromatic heterocycles. The van der Waals surface area contributed by atoms with E-state index in [1.54, 1.807) is 7.11 Å². The molecule has 1 aliphatic carbocycles. The highest BCUT2D eigenvalue weighted by Crippen LogP contribution is 2.34. The van der Waals surface area contributed by atoms with Crippen LogP contribution in [0.5, 0.6) is 5.75 Å². The zero-order valence-corrected chi connectivity index (χ0v) is 12.9. The van der Waals surface area contributed by atoms with Gasteiger partial charge >= 0.3 is 0 Å². The van der Waals surface area contributed by atoms with E-state index in [1.807, 2.05) is 0 Å². The van der Waals surface area contributed by atoms with Crippen LogP contribution in [0.3, 0.4) is 0 Å². The third-order valence-electron chi connectivity index (χ3n) is 4.16. The summed E-state index contributed by atoms with van der Waals surface area (Å²) < 4.78 is 5.19. The number of alkyl halides is 1. The molecule has 1 aromatic carbocycles. The lowest BCUT2D eigenvalue weighted by molar-refractivity contribution is 0.285. The Labute approximate surface area is 119 Å². The topological polar surface area (TPSA) is 9.23 Å². The number of hydrogen-bond donors (Lipinski definition) is 0. The Kier molecular flexibility index (Phi) is 5.11. The number of benzene rings is 1. The van der Waals surface area contributed by atoms with Crippen molar-refractivity contribution in [3.05, 3.63) is 29.8 Å². The van der Waals surface area contributed by atoms with Crippen LogP contribution in [-0.2, 0) is 6.42 Å². The second-order valence-electron chi connectivity index (χ2n) is 5.59. The Hall–Kier alpha value is -0.500. The minimum absolute atomic E-state index is 0.624. The van der Waals surface area contributed by atoms with Gasteiger partial charge in [0.2, 0.25) is 0 Å². The minimum Gasteiger partial charge on any atom is -0.497 e. The zero-order valence-electron chi connectivity index (χ0n) is 11.4. The van der Waals surface area contributed by atoms with Gasteiger partial charge in [-0.25, -0.2) is 0 Å². The average Bonchev–Trinajstić information content (AvgIpc) is 2.40. The van der Waals surface area contributed by atoms with E-state index >= 15 is 0 Å². The lowest BCUT2D eigenvalue weighted by atomic mass is 9.80. The molecule has 0 heterocycles. The number of ether oxygens (including phenoxy) is 1. The van der Waals surface area contributed by atoms with Crippen molar-refractivity contribution in [2.75, 3.05) is 7.11 Å². The number of methoxy groups -OCH3 is 1. The summed E-state index contributed by atoms with van der Waals surface area (Å²) in [6.45, 7) is 2.38. The van der Waals surface area contributed by atoms with Crippen LogP contribution in [0, 0.1) is 11.8 Å². The van der Waals surface area contributed by atoms with Crippen LogP contribution in [0.4, 0.5) is 0 Å². The molecule has 1 fully saturated rings. The second-order valence-corrected chi connectivity index (χ2v) is 6.76. The first kappa shape index (κ1) is 13.9. The van der Waals surface area contributed by atoms with Crippen LogP contribution in [0.15, 0.2) is 24.3 Å². The molecule has 18 heavy (non-hydrogen) atoms. The lowest BCUT2D eigenvalue weighted by Crippen LogP contribution is -2.22. The molecule has 2 rings (SSSR count). The maximum Gasteiger partial charge on any atom is 0.118 e. The van der Waals surface area contributed by atoms with Crippen molar-refractivity contribution in [3.63, 3.8) is 0 Å². The number of hydrogen-bond acceptors (Lipinski definition) is 1. The van der Waals surface area contributed by atoms with Crippen molar-refractivity contribution in [1.82, 2.24) is 0 Å². The quantitative estimate of drug-likeness (QED) is 0.724. The Balaban J connectivity index is 1.87. The van der Waals surface area contributed by atoms with Crippen molar-refractivity contribution in [2.24, 2.45) is 11.8 Å². The molecule has 0 radical (unpaired) electrons. The van der Waals surface area contributed by atoms with Crippen LogP contribution in [0.25, 0.3) is 0 Å². The first-order chi connectivity index (χ1) is 8.69. The highest BCUT2D eigenvalue weighted by atomic mass is 79.9. The highest BCUT2D eigenvalue weighted by Gasteiger charge is 2.24. The van der Waals surface area contributed by atoms with E-state index in [4.69, 9.17) is 4.74 Å². The van der Waals surface area contributed by atoms with Gasteiger partial charge in [-0.2, -0.15) is 0 Å². The molecule has 0 saturated heterocycles. The van der Waals surface area contributed by atoms with Gasteiger partial charge in [0.15, 0.2) is 0 Å². The predicted octanol–water partition coefficient (Wildman–Crippen LogP) is 4.83. The molecular formula is C16H23BrO. The summed E-state index contributed by atoms with van der Waals surface area (Å²) in [4.78, 5) is 0.624. The molecule has 0 N–H and O–H groups in total. The van der Waals surface area contributed by atoms with Gasteiger partial charge in [-0.15, -0.1) is 0 Å². The zero-order chi connectivity index (χ0) is 13.0. The summed E-state index contributed by atoms with van der Waals surface area (Å²) in [7, 11) is 1.71. The van der Waals surface area contributed by atoms with Crippen molar-refractivity contribution >= 4 is 15.9 Å². The van der Waals surface area contributed by atoms with Crippen molar-refractivity contribution < 1.29 is 4.74 Å². The molecular weight excluding hydrogens is 288 g/mol. The maximum atomic E-state index is 5.19. The van der Waals surface area contributed by atoms with Crippen molar-refractivity contribution in [3.8, 4) is 5.75 Å². The van der Waals surface area contributed by atoms with E-state index in [0.717, 1.165) is 24.0 Å². The van der Waals surface area contributed by atoms with Crippen LogP contribution >= 0.6 is 15.9 Å². The summed E-state index contributed by atoms with van der Waals surface area (Å²) in [5.41, 5.74) is 1.40. The van der Waals surface area contributed by atoms with Gasteiger partial charge in [0.1, 0.15) is 5.75 Å². The molecule has 0 amide bonds. The Morgan fingerprint density at radius 1 is 1.17 bits per heavy atom. The molecule has 100 valence electrons. The molecule has 1 aliphatic rings. The third kappa shape index (κ3) is 3.74. The van der Waals surface area contributed by atoms with Gasteiger partial charge < -0.3 is 4.74 Å². The Morgan fingerprint density at radius 2 is 1.78 bits per heavy atom. The van der Waals surface area contributed by atoms with E-state index in [2.05, 4.69) is 47.1 Å². The monoisotopic (exact) mass is 310 g/mol. The van der Waals surface area contributed by atoms with Crippen molar-refractivity contribution in [1.29, 1.82) is 0 Å². The normalized spacial score (nSPS) is 25.7. The van der Waals surface area contributed by atoms with E-state index in [1.165, 1.54) is 31.2 Å². The highest BCUT2D eigenvalue weighted by molar-refractivity contribution is 9.09. The first-order valence-corrected chi connectivity index (χ1v) is 7.87. The van der Waals surface area contributed by atoms with Crippen molar-refractivity contribution in [2.45, 2.75) is 43.9 Å². The average molecular weight is 311 g/mol. The molecule has 1 unspecified atom stereocenters. The van der Waals surface area contributed by atoms with E-state index in [9.17, 15) is 0 Å². The summed E-state index contributed by atoms with van der Waals surface area (Å²) in [6.07, 6.45) is 6.69. The van der Waals surface area contributed by atoms with Gasteiger partial charge in [-0.3, -0.25) is 0 Å². The molecule has 1 saturated carbocycles. The van der Waals surface area contributed by atoms with Crippen LogP contribution < -0.4 is 4.74 Å². The summed E-state index contributed by atoms with van der Waals surface area (Å²) >= 11 is 3.90. The van der Waals surface area contributed by atoms with Gasteiger partial charge in [0, 0.05) is 4.83 Å². The van der Waals surface area contributed by atoms with Gasteiger partial charge in [0.05, 0.1) is 7.11 Å². The van der Waals surface area contributed by atoms with E-state index in [-0.39, 0.29) is 0 Å². The molecule has 0 aliphatic heterocycles. The summed E-state index contributed by atoms with van der Waals surface area (Å²) in [5.74, 6) is 2.72. The molecule has 2 heteroatoms. The minimum atomic E-state index is 0.624. The lowest BCUT2D eigenvalue weighted by Gasteiger charge is -2.29. The largest absolute Gasteiger partial charge is 0.497 e. The van der Waals surface area contributed by atoms with E-state index < -0.39 is 0 Å². The maximum absolute atomic E-state index is 5.19. The SMILES string of the molecule is COc1ccc(CC(Br)C2CCC(C)CC2)cc1. The fraction of sp³-hybridized carbons (Fsp3) is 0.625. The fourth-order valence-electron chi connectivity index (χ4n) is 2.80. The molecule has 0 bridgehead atoms. The smallest absolute Gasteiger partial charge is 0.118 e. The van der Waals surface area contributed by atoms with Crippen LogP contribution in [0.2, 0.25) is 0 Å². The second kappa shape index (κ2) is 6.60. The summed E-state index contributed by atoms with van der Waals surface area (Å²) in [6, 6.07) is 8.47. The Bertz CT molecular complexity index is 352. The van der Waals surface area contributed by atoms with Gasteiger partial charge in [0.25, 0.3) is 0 Å². The first-order valence-electron chi connectivity index (χ1n) is 6.96. The summed E-state index contributed by atoms with van der Waals surface area (Å²) in [5, 5.41) is 0. The predicted molar refractivity (Wildman–Crippen MR) is 80.5 cm³/mol. The molecule has 1 aromatic rings. The molecule has 1 nitrogen and oxygen atoms in total. The number of halogens is 1. The Morgan fingerprint density at radius 3 is 2.33 bits per heavy atom.